The van der Waals surface area contributed by atoms with Crippen molar-refractivity contribution in [3.8, 4) is 0 Å². The van der Waals surface area contributed by atoms with Gasteiger partial charge in [-0.05, 0) is 25.1 Å². The highest BCUT2D eigenvalue weighted by molar-refractivity contribution is 6.35. The SMILES string of the molecule is Cc1c(Nc2ccc3[nH]cc(Cl)c3c2)cnn(C)c1=O. The lowest BCUT2D eigenvalue weighted by molar-refractivity contribution is 0.702. The Morgan fingerprint density at radius 3 is 3.00 bits per heavy atom. The van der Waals surface area contributed by atoms with Crippen LogP contribution in [0.15, 0.2) is 35.4 Å². The Morgan fingerprint density at radius 1 is 1.40 bits per heavy atom. The summed E-state index contributed by atoms with van der Waals surface area (Å²) in [6.45, 7) is 1.77. The van der Waals surface area contributed by atoms with Crippen LogP contribution in [0.4, 0.5) is 11.4 Å². The Hall–Kier alpha value is -2.27. The molecule has 2 N–H and O–H groups in total. The van der Waals surface area contributed by atoms with Crippen molar-refractivity contribution in [1.29, 1.82) is 0 Å². The summed E-state index contributed by atoms with van der Waals surface area (Å²) in [6.07, 6.45) is 3.39. The molecule has 3 rings (SSSR count). The lowest BCUT2D eigenvalue weighted by Gasteiger charge is -2.09. The summed E-state index contributed by atoms with van der Waals surface area (Å²) >= 11 is 6.10. The van der Waals surface area contributed by atoms with Crippen molar-refractivity contribution in [1.82, 2.24) is 14.8 Å². The number of aromatic nitrogens is 3. The third-order valence-electron chi connectivity index (χ3n) is 3.29. The van der Waals surface area contributed by atoms with Gasteiger partial charge in [-0.15, -0.1) is 0 Å². The van der Waals surface area contributed by atoms with E-state index in [1.807, 2.05) is 18.2 Å². The molecular weight excluding hydrogens is 276 g/mol. The molecule has 0 spiro atoms. The van der Waals surface area contributed by atoms with Gasteiger partial charge in [0.1, 0.15) is 0 Å². The first-order valence-electron chi connectivity index (χ1n) is 6.13. The number of hydrogen-bond donors (Lipinski definition) is 2. The number of aryl methyl sites for hydroxylation is 1. The maximum atomic E-state index is 11.8. The standard InChI is InChI=1S/C14H13ClN4O/c1-8-13(7-17-19(2)14(8)20)18-9-3-4-12-10(5-9)11(15)6-16-12/h3-7,16,18H,1-2H3. The highest BCUT2D eigenvalue weighted by atomic mass is 35.5. The van der Waals surface area contributed by atoms with Crippen LogP contribution in [0.1, 0.15) is 5.56 Å². The van der Waals surface area contributed by atoms with E-state index in [0.717, 1.165) is 16.6 Å². The zero-order valence-electron chi connectivity index (χ0n) is 11.1. The van der Waals surface area contributed by atoms with E-state index < -0.39 is 0 Å². The molecular formula is C14H13ClN4O. The molecule has 0 radical (unpaired) electrons. The molecule has 0 aliphatic carbocycles. The van der Waals surface area contributed by atoms with E-state index in [0.29, 0.717) is 16.3 Å². The Kier molecular flexibility index (Phi) is 2.99. The van der Waals surface area contributed by atoms with Crippen LogP contribution in [-0.2, 0) is 7.05 Å². The molecule has 102 valence electrons. The average Bonchev–Trinajstić information content (AvgIpc) is 2.81. The summed E-state index contributed by atoms with van der Waals surface area (Å²) in [5.41, 5.74) is 3.04. The van der Waals surface area contributed by atoms with Gasteiger partial charge in [-0.1, -0.05) is 11.6 Å². The zero-order chi connectivity index (χ0) is 14.3. The van der Waals surface area contributed by atoms with E-state index in [1.54, 1.807) is 26.4 Å². The molecule has 0 aliphatic rings. The van der Waals surface area contributed by atoms with Crippen LogP contribution >= 0.6 is 11.6 Å². The fourth-order valence-corrected chi connectivity index (χ4v) is 2.31. The Labute approximate surface area is 120 Å². The molecule has 3 aromatic rings. The number of H-pyrrole nitrogens is 1. The predicted octanol–water partition coefficient (Wildman–Crippen LogP) is 2.97. The van der Waals surface area contributed by atoms with Gasteiger partial charge in [0.15, 0.2) is 0 Å². The molecule has 20 heavy (non-hydrogen) atoms. The van der Waals surface area contributed by atoms with E-state index in [-0.39, 0.29) is 5.56 Å². The predicted molar refractivity (Wildman–Crippen MR) is 80.8 cm³/mol. The molecule has 0 saturated carbocycles. The topological polar surface area (TPSA) is 62.7 Å². The fourth-order valence-electron chi connectivity index (χ4n) is 2.10. The summed E-state index contributed by atoms with van der Waals surface area (Å²) in [4.78, 5) is 14.9. The highest BCUT2D eigenvalue weighted by Gasteiger charge is 2.07. The summed E-state index contributed by atoms with van der Waals surface area (Å²) < 4.78 is 1.31. The molecule has 6 heteroatoms. The number of anilines is 2. The van der Waals surface area contributed by atoms with Crippen LogP contribution in [0.2, 0.25) is 5.02 Å². The van der Waals surface area contributed by atoms with Crippen molar-refractivity contribution in [2.75, 3.05) is 5.32 Å². The minimum absolute atomic E-state index is 0.115. The smallest absolute Gasteiger partial charge is 0.271 e. The minimum atomic E-state index is -0.115. The second-order valence-corrected chi connectivity index (χ2v) is 5.04. The summed E-state index contributed by atoms with van der Waals surface area (Å²) in [5.74, 6) is 0. The van der Waals surface area contributed by atoms with Crippen molar-refractivity contribution < 1.29 is 0 Å². The molecule has 0 atom stereocenters. The fraction of sp³-hybridized carbons (Fsp3) is 0.143. The van der Waals surface area contributed by atoms with Crippen LogP contribution in [0.25, 0.3) is 10.9 Å². The van der Waals surface area contributed by atoms with Crippen LogP contribution in [0.5, 0.6) is 0 Å². The van der Waals surface area contributed by atoms with Gasteiger partial charge in [0.05, 0.1) is 16.9 Å². The second-order valence-electron chi connectivity index (χ2n) is 4.63. The number of nitrogens with one attached hydrogen (secondary N) is 2. The van der Waals surface area contributed by atoms with Gasteiger partial charge in [0.25, 0.3) is 5.56 Å². The van der Waals surface area contributed by atoms with Crippen molar-refractivity contribution in [3.63, 3.8) is 0 Å². The van der Waals surface area contributed by atoms with Crippen LogP contribution in [0.3, 0.4) is 0 Å². The van der Waals surface area contributed by atoms with Crippen LogP contribution < -0.4 is 10.9 Å². The van der Waals surface area contributed by atoms with E-state index in [1.165, 1.54) is 4.68 Å². The molecule has 0 unspecified atom stereocenters. The lowest BCUT2D eigenvalue weighted by Crippen LogP contribution is -2.22. The first kappa shape index (κ1) is 12.7. The van der Waals surface area contributed by atoms with Gasteiger partial charge >= 0.3 is 0 Å². The maximum Gasteiger partial charge on any atom is 0.271 e. The third-order valence-corrected chi connectivity index (χ3v) is 3.60. The van der Waals surface area contributed by atoms with Gasteiger partial charge in [-0.2, -0.15) is 5.10 Å². The molecule has 0 saturated heterocycles. The molecule has 0 bridgehead atoms. The van der Waals surface area contributed by atoms with Crippen molar-refractivity contribution in [2.24, 2.45) is 7.05 Å². The average molecular weight is 289 g/mol. The Morgan fingerprint density at radius 2 is 2.20 bits per heavy atom. The number of fused-ring (bicyclic) bond motifs is 1. The third kappa shape index (κ3) is 2.06. The molecule has 2 aromatic heterocycles. The quantitative estimate of drug-likeness (QED) is 0.762. The Bertz CT molecular complexity index is 850. The number of benzene rings is 1. The normalized spacial score (nSPS) is 10.9. The summed E-state index contributed by atoms with van der Waals surface area (Å²) in [7, 11) is 1.63. The number of rotatable bonds is 2. The summed E-state index contributed by atoms with van der Waals surface area (Å²) in [6, 6.07) is 5.80. The first-order valence-corrected chi connectivity index (χ1v) is 6.50. The highest BCUT2D eigenvalue weighted by Crippen LogP contribution is 2.27. The van der Waals surface area contributed by atoms with E-state index in [9.17, 15) is 4.79 Å². The van der Waals surface area contributed by atoms with Gasteiger partial charge < -0.3 is 10.3 Å². The van der Waals surface area contributed by atoms with Gasteiger partial charge in [0.2, 0.25) is 0 Å². The maximum absolute atomic E-state index is 11.8. The van der Waals surface area contributed by atoms with Gasteiger partial charge in [-0.3, -0.25) is 4.79 Å². The Balaban J connectivity index is 2.03. The van der Waals surface area contributed by atoms with Gasteiger partial charge in [0, 0.05) is 35.4 Å². The minimum Gasteiger partial charge on any atom is -0.360 e. The van der Waals surface area contributed by atoms with Crippen LogP contribution in [-0.4, -0.2) is 14.8 Å². The number of aromatic amines is 1. The molecule has 0 aliphatic heterocycles. The monoisotopic (exact) mass is 288 g/mol. The zero-order valence-corrected chi connectivity index (χ0v) is 11.8. The van der Waals surface area contributed by atoms with Gasteiger partial charge in [-0.25, -0.2) is 4.68 Å². The van der Waals surface area contributed by atoms with Crippen LogP contribution in [0, 0.1) is 6.92 Å². The molecule has 5 nitrogen and oxygen atoms in total. The molecule has 1 aromatic carbocycles. The number of nitrogens with zero attached hydrogens (tertiary/aromatic N) is 2. The second kappa shape index (κ2) is 4.68. The summed E-state index contributed by atoms with van der Waals surface area (Å²) in [5, 5.41) is 8.82. The molecule has 0 amide bonds. The largest absolute Gasteiger partial charge is 0.360 e. The van der Waals surface area contributed by atoms with Crippen molar-refractivity contribution in [3.05, 3.63) is 51.5 Å². The van der Waals surface area contributed by atoms with E-state index in [4.69, 9.17) is 11.6 Å². The first-order chi connectivity index (χ1) is 9.56. The van der Waals surface area contributed by atoms with E-state index >= 15 is 0 Å². The molecule has 0 fully saturated rings. The van der Waals surface area contributed by atoms with Crippen molar-refractivity contribution >= 4 is 33.9 Å². The lowest BCUT2D eigenvalue weighted by atomic mass is 10.2. The van der Waals surface area contributed by atoms with Crippen molar-refractivity contribution in [2.45, 2.75) is 6.92 Å². The number of halogens is 1. The van der Waals surface area contributed by atoms with E-state index in [2.05, 4.69) is 15.4 Å². The molecule has 2 heterocycles. The number of hydrogen-bond acceptors (Lipinski definition) is 3.